The van der Waals surface area contributed by atoms with Crippen molar-refractivity contribution in [2.24, 2.45) is 5.92 Å². The molecule has 1 N–H and O–H groups in total. The molecule has 0 spiro atoms. The van der Waals surface area contributed by atoms with Crippen molar-refractivity contribution in [3.05, 3.63) is 130 Å². The summed E-state index contributed by atoms with van der Waals surface area (Å²) in [5, 5.41) is 2.98. The molecule has 0 aliphatic carbocycles. The molecule has 3 fully saturated rings. The average molecular weight is 814 g/mol. The zero-order valence-corrected chi connectivity index (χ0v) is 34.5. The number of piperazine rings is 1. The van der Waals surface area contributed by atoms with E-state index in [1.54, 1.807) is 12.1 Å². The standard InChI is InChI=1S/C48H52ClN5O5/c1-2-40(34-6-4-3-5-7-34)45(35-8-12-37(49)13-9-35)36-10-15-39(16-11-36)59-31-30-51-23-20-33(21-24-51)22-25-52-26-28-53(29-27-52)38-14-17-41-42(32-38)48(58)54(47(41)57)43-18-19-44(55)50-46(43)56/h3-17,32-33,43H,2,18-31H2,1H3,(H,50,55,56)/b45-40-. The predicted molar refractivity (Wildman–Crippen MR) is 232 cm³/mol. The average Bonchev–Trinajstić information content (AvgIpc) is 3.51. The Morgan fingerprint density at radius 1 is 0.712 bits per heavy atom. The van der Waals surface area contributed by atoms with Crippen molar-refractivity contribution in [3.8, 4) is 5.75 Å². The van der Waals surface area contributed by atoms with Crippen LogP contribution in [0.3, 0.4) is 0 Å². The van der Waals surface area contributed by atoms with Gasteiger partial charge in [0.1, 0.15) is 18.4 Å². The lowest BCUT2D eigenvalue weighted by molar-refractivity contribution is -0.136. The lowest BCUT2D eigenvalue weighted by Crippen LogP contribution is -2.54. The van der Waals surface area contributed by atoms with E-state index in [0.29, 0.717) is 17.7 Å². The number of amides is 4. The minimum atomic E-state index is -0.956. The van der Waals surface area contributed by atoms with E-state index in [0.717, 1.165) is 97.2 Å². The number of carbonyl (C=O) groups excluding carboxylic acids is 4. The van der Waals surface area contributed by atoms with E-state index in [4.69, 9.17) is 16.3 Å². The van der Waals surface area contributed by atoms with E-state index in [2.05, 4.69) is 93.7 Å². The van der Waals surface area contributed by atoms with Crippen molar-refractivity contribution < 1.29 is 23.9 Å². The summed E-state index contributed by atoms with van der Waals surface area (Å²) >= 11 is 6.26. The SMILES string of the molecule is CC/C(=C(\c1ccc(Cl)cc1)c1ccc(OCCN2CCC(CCN3CCN(c4ccc5c(c4)C(=O)N(C4CCC(=O)NC4=O)C5=O)CC3)CC2)cc1)c1ccccc1. The van der Waals surface area contributed by atoms with Crippen LogP contribution >= 0.6 is 11.6 Å². The summed E-state index contributed by atoms with van der Waals surface area (Å²) < 4.78 is 6.26. The second-order valence-electron chi connectivity index (χ2n) is 16.0. The third kappa shape index (κ3) is 9.15. The molecule has 0 radical (unpaired) electrons. The van der Waals surface area contributed by atoms with Crippen LogP contribution in [0, 0.1) is 5.92 Å². The number of carbonyl (C=O) groups is 4. The van der Waals surface area contributed by atoms with Crippen LogP contribution in [0.15, 0.2) is 97.1 Å². The first-order valence-corrected chi connectivity index (χ1v) is 21.5. The maximum absolute atomic E-state index is 13.3. The van der Waals surface area contributed by atoms with Crippen molar-refractivity contribution in [2.75, 3.05) is 63.9 Å². The first-order valence-electron chi connectivity index (χ1n) is 21.1. The van der Waals surface area contributed by atoms with Crippen molar-refractivity contribution >= 4 is 52.1 Å². The van der Waals surface area contributed by atoms with Gasteiger partial charge < -0.3 is 9.64 Å². The van der Waals surface area contributed by atoms with Crippen LogP contribution in [0.1, 0.15) is 82.9 Å². The number of hydrogen-bond acceptors (Lipinski definition) is 8. The van der Waals surface area contributed by atoms with E-state index in [9.17, 15) is 19.2 Å². The molecule has 4 aromatic carbocycles. The molecule has 4 aliphatic rings. The van der Waals surface area contributed by atoms with Crippen LogP contribution in [-0.2, 0) is 9.59 Å². The fourth-order valence-corrected chi connectivity index (χ4v) is 9.18. The van der Waals surface area contributed by atoms with E-state index in [1.165, 1.54) is 36.0 Å². The van der Waals surface area contributed by atoms with Crippen molar-refractivity contribution in [1.82, 2.24) is 20.0 Å². The van der Waals surface area contributed by atoms with Gasteiger partial charge in [0, 0.05) is 49.9 Å². The largest absolute Gasteiger partial charge is 0.492 e. The smallest absolute Gasteiger partial charge is 0.262 e. The first kappa shape index (κ1) is 40.5. The molecule has 59 heavy (non-hydrogen) atoms. The number of anilines is 1. The summed E-state index contributed by atoms with van der Waals surface area (Å²) in [6.45, 7) is 10.6. The Bertz CT molecular complexity index is 2190. The van der Waals surface area contributed by atoms with Crippen LogP contribution in [0.2, 0.25) is 5.02 Å². The van der Waals surface area contributed by atoms with Gasteiger partial charge in [-0.05, 0) is 128 Å². The number of allylic oxidation sites excluding steroid dienone is 1. The molecular formula is C48H52ClN5O5. The van der Waals surface area contributed by atoms with Crippen LogP contribution in [0.4, 0.5) is 5.69 Å². The summed E-state index contributed by atoms with van der Waals surface area (Å²) in [6, 6.07) is 31.6. The molecule has 8 rings (SSSR count). The van der Waals surface area contributed by atoms with Gasteiger partial charge in [-0.2, -0.15) is 0 Å². The number of imide groups is 2. The molecule has 4 amide bonds. The number of halogens is 1. The molecule has 4 aromatic rings. The number of hydrogen-bond donors (Lipinski definition) is 1. The van der Waals surface area contributed by atoms with Gasteiger partial charge in [0.2, 0.25) is 11.8 Å². The Labute approximate surface area is 351 Å². The fraction of sp³-hybridized carbons (Fsp3) is 0.375. The highest BCUT2D eigenvalue weighted by Gasteiger charge is 2.44. The number of fused-ring (bicyclic) bond motifs is 1. The van der Waals surface area contributed by atoms with Crippen LogP contribution < -0.4 is 15.0 Å². The highest BCUT2D eigenvalue weighted by atomic mass is 35.5. The van der Waals surface area contributed by atoms with E-state index < -0.39 is 23.8 Å². The zero-order chi connectivity index (χ0) is 40.9. The molecule has 11 heteroatoms. The Kier molecular flexibility index (Phi) is 12.6. The summed E-state index contributed by atoms with van der Waals surface area (Å²) in [7, 11) is 0. The summed E-state index contributed by atoms with van der Waals surface area (Å²) in [4.78, 5) is 58.8. The molecule has 1 atom stereocenters. The molecule has 306 valence electrons. The molecule has 4 aliphatic heterocycles. The Morgan fingerprint density at radius 2 is 1.37 bits per heavy atom. The molecular weight excluding hydrogens is 762 g/mol. The predicted octanol–water partition coefficient (Wildman–Crippen LogP) is 7.41. The van der Waals surface area contributed by atoms with Gasteiger partial charge in [-0.25, -0.2) is 0 Å². The van der Waals surface area contributed by atoms with E-state index >= 15 is 0 Å². The number of nitrogens with one attached hydrogen (secondary N) is 1. The Hall–Kier alpha value is -5.29. The van der Waals surface area contributed by atoms with E-state index in [-0.39, 0.29) is 18.7 Å². The number of piperidine rings is 2. The van der Waals surface area contributed by atoms with Gasteiger partial charge in [0.05, 0.1) is 11.1 Å². The van der Waals surface area contributed by atoms with Gasteiger partial charge >= 0.3 is 0 Å². The number of ether oxygens (including phenoxy) is 1. The molecule has 0 saturated carbocycles. The second-order valence-corrected chi connectivity index (χ2v) is 16.5. The maximum Gasteiger partial charge on any atom is 0.262 e. The minimum Gasteiger partial charge on any atom is -0.492 e. The van der Waals surface area contributed by atoms with Crippen molar-refractivity contribution in [3.63, 3.8) is 0 Å². The minimum absolute atomic E-state index is 0.105. The van der Waals surface area contributed by atoms with Gasteiger partial charge in [-0.3, -0.25) is 39.2 Å². The lowest BCUT2D eigenvalue weighted by atomic mass is 9.88. The molecule has 0 bridgehead atoms. The normalized spacial score (nSPS) is 19.8. The fourth-order valence-electron chi connectivity index (χ4n) is 9.06. The summed E-state index contributed by atoms with van der Waals surface area (Å²) in [6.07, 6.45) is 4.75. The Morgan fingerprint density at radius 3 is 2.05 bits per heavy atom. The quantitative estimate of drug-likeness (QED) is 0.110. The monoisotopic (exact) mass is 813 g/mol. The molecule has 1 unspecified atom stereocenters. The topological polar surface area (TPSA) is 102 Å². The van der Waals surface area contributed by atoms with Gasteiger partial charge in [-0.1, -0.05) is 73.1 Å². The van der Waals surface area contributed by atoms with Crippen molar-refractivity contribution in [2.45, 2.75) is 51.5 Å². The number of likely N-dealkylation sites (tertiary alicyclic amines) is 1. The Balaban J connectivity index is 0.767. The van der Waals surface area contributed by atoms with Crippen LogP contribution in [0.5, 0.6) is 5.75 Å². The lowest BCUT2D eigenvalue weighted by Gasteiger charge is -2.37. The van der Waals surface area contributed by atoms with Crippen molar-refractivity contribution in [1.29, 1.82) is 0 Å². The molecule has 3 saturated heterocycles. The molecule has 4 heterocycles. The number of benzene rings is 4. The highest BCUT2D eigenvalue weighted by Crippen LogP contribution is 2.36. The number of rotatable bonds is 13. The van der Waals surface area contributed by atoms with Crippen LogP contribution in [0.25, 0.3) is 11.1 Å². The van der Waals surface area contributed by atoms with Gasteiger partial charge in [0.15, 0.2) is 0 Å². The highest BCUT2D eigenvalue weighted by molar-refractivity contribution is 6.30. The third-order valence-corrected chi connectivity index (χ3v) is 12.7. The van der Waals surface area contributed by atoms with E-state index in [1.807, 2.05) is 18.2 Å². The van der Waals surface area contributed by atoms with Crippen LogP contribution in [-0.4, -0.2) is 103 Å². The maximum atomic E-state index is 13.3. The summed E-state index contributed by atoms with van der Waals surface area (Å²) in [5.74, 6) is -0.310. The third-order valence-electron chi connectivity index (χ3n) is 12.5. The summed E-state index contributed by atoms with van der Waals surface area (Å²) in [5.41, 5.74) is 7.58. The first-order chi connectivity index (χ1) is 28.7. The second kappa shape index (κ2) is 18.3. The molecule has 10 nitrogen and oxygen atoms in total. The number of nitrogens with zero attached hydrogens (tertiary/aromatic N) is 4. The van der Waals surface area contributed by atoms with Gasteiger partial charge in [0.25, 0.3) is 11.8 Å². The zero-order valence-electron chi connectivity index (χ0n) is 33.7. The van der Waals surface area contributed by atoms with Gasteiger partial charge in [-0.15, -0.1) is 0 Å². The molecule has 0 aromatic heterocycles.